The van der Waals surface area contributed by atoms with Crippen molar-refractivity contribution in [1.29, 1.82) is 0 Å². The Morgan fingerprint density at radius 2 is 1.71 bits per heavy atom. The van der Waals surface area contributed by atoms with E-state index in [1.807, 2.05) is 28.1 Å². The van der Waals surface area contributed by atoms with E-state index < -0.39 is 12.7 Å². The van der Waals surface area contributed by atoms with E-state index in [2.05, 4.69) is 15.1 Å². The molecule has 0 aromatic rings. The fourth-order valence-corrected chi connectivity index (χ4v) is 1.44. The van der Waals surface area contributed by atoms with Gasteiger partial charge in [-0.3, -0.25) is 0 Å². The van der Waals surface area contributed by atoms with Crippen LogP contribution < -0.4 is 5.32 Å². The highest BCUT2D eigenvalue weighted by molar-refractivity contribution is 4.68. The maximum atomic E-state index is 11.9. The molecular formula is C11H24F3N3. The van der Waals surface area contributed by atoms with Gasteiger partial charge in [0, 0.05) is 12.6 Å². The van der Waals surface area contributed by atoms with Crippen molar-refractivity contribution in [3.63, 3.8) is 0 Å². The summed E-state index contributed by atoms with van der Waals surface area (Å²) >= 11 is 0. The van der Waals surface area contributed by atoms with E-state index >= 15 is 0 Å². The van der Waals surface area contributed by atoms with Crippen LogP contribution in [-0.2, 0) is 0 Å². The molecule has 1 N–H and O–H groups in total. The van der Waals surface area contributed by atoms with Gasteiger partial charge < -0.3 is 15.1 Å². The second-order valence-electron chi connectivity index (χ2n) is 4.73. The molecule has 0 heterocycles. The Bertz CT molecular complexity index is 195. The minimum Gasteiger partial charge on any atom is -0.309 e. The molecule has 0 bridgehead atoms. The van der Waals surface area contributed by atoms with Gasteiger partial charge >= 0.3 is 6.18 Å². The van der Waals surface area contributed by atoms with Gasteiger partial charge in [-0.15, -0.1) is 0 Å². The lowest BCUT2D eigenvalue weighted by Gasteiger charge is -2.25. The topological polar surface area (TPSA) is 18.5 Å². The molecule has 0 rings (SSSR count). The first kappa shape index (κ1) is 16.7. The van der Waals surface area contributed by atoms with E-state index in [9.17, 15) is 13.2 Å². The third kappa shape index (κ3) is 10.5. The Hall–Kier alpha value is -0.330. The van der Waals surface area contributed by atoms with Crippen LogP contribution in [0.3, 0.4) is 0 Å². The largest absolute Gasteiger partial charge is 0.401 e. The summed E-state index contributed by atoms with van der Waals surface area (Å²) in [5.41, 5.74) is 0. The lowest BCUT2D eigenvalue weighted by Crippen LogP contribution is -2.41. The Balaban J connectivity index is 3.63. The van der Waals surface area contributed by atoms with Crippen molar-refractivity contribution in [2.24, 2.45) is 0 Å². The number of nitrogens with one attached hydrogen (secondary N) is 1. The minimum atomic E-state index is -4.12. The maximum absolute atomic E-state index is 11.9. The lowest BCUT2D eigenvalue weighted by molar-refractivity contribution is -0.125. The van der Waals surface area contributed by atoms with Crippen molar-refractivity contribution in [2.75, 3.05) is 47.3 Å². The third-order valence-corrected chi connectivity index (χ3v) is 2.63. The normalized spacial score (nSPS) is 14.6. The van der Waals surface area contributed by atoms with Gasteiger partial charge in [-0.1, -0.05) is 0 Å². The summed E-state index contributed by atoms with van der Waals surface area (Å²) in [6.45, 7) is 3.26. The molecule has 0 aliphatic rings. The van der Waals surface area contributed by atoms with Gasteiger partial charge in [-0.05, 0) is 47.6 Å². The highest BCUT2D eigenvalue weighted by Gasteiger charge is 2.26. The van der Waals surface area contributed by atoms with Crippen LogP contribution in [0.5, 0.6) is 0 Å². The molecule has 17 heavy (non-hydrogen) atoms. The molecule has 104 valence electrons. The molecular weight excluding hydrogens is 231 g/mol. The van der Waals surface area contributed by atoms with Crippen LogP contribution in [0.25, 0.3) is 0 Å². The fraction of sp³-hybridized carbons (Fsp3) is 1.00. The first-order valence-electron chi connectivity index (χ1n) is 5.85. The molecule has 3 nitrogen and oxygen atoms in total. The Morgan fingerprint density at radius 3 is 2.18 bits per heavy atom. The first-order valence-corrected chi connectivity index (χ1v) is 5.85. The van der Waals surface area contributed by atoms with E-state index in [0.29, 0.717) is 6.54 Å². The van der Waals surface area contributed by atoms with E-state index in [1.165, 1.54) is 0 Å². The summed E-state index contributed by atoms with van der Waals surface area (Å²) in [6.07, 6.45) is -3.10. The maximum Gasteiger partial charge on any atom is 0.401 e. The smallest absolute Gasteiger partial charge is 0.309 e. The van der Waals surface area contributed by atoms with Crippen molar-refractivity contribution in [3.8, 4) is 0 Å². The van der Waals surface area contributed by atoms with Gasteiger partial charge in [-0.2, -0.15) is 13.2 Å². The number of rotatable bonds is 8. The number of hydrogen-bond donors (Lipinski definition) is 1. The Kier molecular flexibility index (Phi) is 7.74. The zero-order valence-corrected chi connectivity index (χ0v) is 11.1. The van der Waals surface area contributed by atoms with Crippen molar-refractivity contribution >= 4 is 0 Å². The van der Waals surface area contributed by atoms with E-state index in [-0.39, 0.29) is 6.04 Å². The number of alkyl halides is 3. The van der Waals surface area contributed by atoms with Crippen molar-refractivity contribution < 1.29 is 13.2 Å². The highest BCUT2D eigenvalue weighted by atomic mass is 19.4. The van der Waals surface area contributed by atoms with E-state index in [1.54, 1.807) is 0 Å². The lowest BCUT2D eigenvalue weighted by atomic mass is 10.2. The number of nitrogens with zero attached hydrogens (tertiary/aromatic N) is 2. The molecule has 0 amide bonds. The molecule has 6 heteroatoms. The molecule has 1 atom stereocenters. The van der Waals surface area contributed by atoms with Crippen LogP contribution in [0, 0.1) is 0 Å². The van der Waals surface area contributed by atoms with Gasteiger partial charge in [0.1, 0.15) is 0 Å². The molecule has 0 aromatic heterocycles. The second-order valence-corrected chi connectivity index (χ2v) is 4.73. The highest BCUT2D eigenvalue weighted by Crippen LogP contribution is 2.12. The average molecular weight is 255 g/mol. The van der Waals surface area contributed by atoms with Crippen LogP contribution in [0.4, 0.5) is 13.2 Å². The average Bonchev–Trinajstić information content (AvgIpc) is 2.14. The summed E-state index contributed by atoms with van der Waals surface area (Å²) in [5, 5.41) is 2.43. The van der Waals surface area contributed by atoms with Gasteiger partial charge in [0.15, 0.2) is 0 Å². The summed E-state index contributed by atoms with van der Waals surface area (Å²) in [6, 6.07) is 0.111. The molecule has 0 aliphatic heterocycles. The van der Waals surface area contributed by atoms with Gasteiger partial charge in [0.25, 0.3) is 0 Å². The number of likely N-dealkylation sites (N-methyl/N-ethyl adjacent to an activating group) is 1. The zero-order valence-electron chi connectivity index (χ0n) is 11.1. The van der Waals surface area contributed by atoms with Crippen molar-refractivity contribution in [2.45, 2.75) is 25.6 Å². The molecule has 0 radical (unpaired) electrons. The van der Waals surface area contributed by atoms with Crippen LogP contribution >= 0.6 is 0 Å². The van der Waals surface area contributed by atoms with Crippen LogP contribution in [0.1, 0.15) is 13.3 Å². The monoisotopic (exact) mass is 255 g/mol. The summed E-state index contributed by atoms with van der Waals surface area (Å²) < 4.78 is 35.8. The van der Waals surface area contributed by atoms with Gasteiger partial charge in [-0.25, -0.2) is 0 Å². The van der Waals surface area contributed by atoms with Gasteiger partial charge in [0.2, 0.25) is 0 Å². The molecule has 0 aromatic carbocycles. The van der Waals surface area contributed by atoms with Gasteiger partial charge in [0.05, 0.1) is 6.54 Å². The molecule has 0 aliphatic carbocycles. The molecule has 0 fully saturated rings. The summed E-state index contributed by atoms with van der Waals surface area (Å²) in [4.78, 5) is 4.17. The van der Waals surface area contributed by atoms with E-state index in [0.717, 1.165) is 19.5 Å². The van der Waals surface area contributed by atoms with Crippen molar-refractivity contribution in [3.05, 3.63) is 0 Å². The molecule has 1 unspecified atom stereocenters. The quantitative estimate of drug-likeness (QED) is 0.707. The first-order chi connectivity index (χ1) is 7.72. The molecule has 0 saturated heterocycles. The number of halogens is 3. The SMILES string of the molecule is CC(CNCC(F)(F)F)N(C)CCCN(C)C. The zero-order chi connectivity index (χ0) is 13.5. The Morgan fingerprint density at radius 1 is 1.12 bits per heavy atom. The van der Waals surface area contributed by atoms with Crippen LogP contribution in [0.15, 0.2) is 0 Å². The van der Waals surface area contributed by atoms with Crippen LogP contribution in [0.2, 0.25) is 0 Å². The molecule has 0 saturated carbocycles. The second kappa shape index (κ2) is 7.89. The standard InChI is InChI=1S/C11H24F3N3/c1-10(8-15-9-11(12,13)14)17(4)7-5-6-16(2)3/h10,15H,5-9H2,1-4H3. The Labute approximate surface area is 102 Å². The predicted molar refractivity (Wildman–Crippen MR) is 64.2 cm³/mol. The summed E-state index contributed by atoms with van der Waals surface area (Å²) in [7, 11) is 5.96. The molecule has 0 spiro atoms. The third-order valence-electron chi connectivity index (χ3n) is 2.63. The van der Waals surface area contributed by atoms with Crippen LogP contribution in [-0.4, -0.2) is 69.3 Å². The van der Waals surface area contributed by atoms with Crippen molar-refractivity contribution in [1.82, 2.24) is 15.1 Å². The predicted octanol–water partition coefficient (Wildman–Crippen LogP) is 1.41. The minimum absolute atomic E-state index is 0.111. The fourth-order valence-electron chi connectivity index (χ4n) is 1.44. The van der Waals surface area contributed by atoms with E-state index in [4.69, 9.17) is 0 Å². The number of hydrogen-bond acceptors (Lipinski definition) is 3. The summed E-state index contributed by atoms with van der Waals surface area (Å²) in [5.74, 6) is 0.